The molecule has 2 aromatic rings. The fourth-order valence-electron chi connectivity index (χ4n) is 13.1. The molecule has 7 nitrogen and oxygen atoms in total. The molecule has 0 saturated heterocycles. The molecule has 5 saturated carbocycles. The average Bonchev–Trinajstić information content (AvgIpc) is 3.53. The number of halogens is 1. The fourth-order valence-corrected chi connectivity index (χ4v) is 13.1. The number of fused-ring (bicyclic) bond motifs is 7. The number of hydrogen-bond donors (Lipinski definition) is 3. The molecule has 49 heavy (non-hydrogen) atoms. The minimum Gasteiger partial charge on any atom is -0.393 e. The molecule has 9 atom stereocenters. The topological polar surface area (TPSA) is 101 Å². The molecule has 0 spiro atoms. The second-order valence-corrected chi connectivity index (χ2v) is 17.7. The maximum atomic E-state index is 13.1. The zero-order chi connectivity index (χ0) is 34.6. The number of rotatable bonds is 8. The maximum Gasteiger partial charge on any atom is 0.279 e. The molecule has 8 heteroatoms. The number of hydrogen-bond acceptors (Lipinski definition) is 5. The molecular weight excluding hydrogens is 617 g/mol. The van der Waals surface area contributed by atoms with Crippen molar-refractivity contribution < 1.29 is 24.3 Å². The number of aliphatic hydroxyl groups excluding tert-OH is 1. The third-order valence-corrected chi connectivity index (χ3v) is 15.4. The lowest BCUT2D eigenvalue weighted by molar-refractivity contribution is -0.214. The van der Waals surface area contributed by atoms with Crippen LogP contribution < -0.4 is 10.8 Å². The predicted octanol–water partition coefficient (Wildman–Crippen LogP) is 8.32. The Hall–Kier alpha value is -2.84. The quantitative estimate of drug-likeness (QED) is 0.245. The van der Waals surface area contributed by atoms with Gasteiger partial charge in [-0.15, -0.1) is 0 Å². The molecule has 1 aromatic heterocycles. The van der Waals surface area contributed by atoms with Crippen molar-refractivity contribution in [2.24, 2.45) is 51.2 Å². The normalized spacial score (nSPS) is 37.6. The van der Waals surface area contributed by atoms with Gasteiger partial charge in [0.1, 0.15) is 0 Å². The van der Waals surface area contributed by atoms with Gasteiger partial charge in [-0.05, 0) is 163 Å². The van der Waals surface area contributed by atoms with E-state index in [0.29, 0.717) is 33.4 Å². The van der Waals surface area contributed by atoms with Crippen molar-refractivity contribution in [2.45, 2.75) is 124 Å². The van der Waals surface area contributed by atoms with Crippen LogP contribution in [0.4, 0.5) is 4.53 Å². The van der Waals surface area contributed by atoms with Crippen LogP contribution in [0.3, 0.4) is 0 Å². The van der Waals surface area contributed by atoms with Crippen molar-refractivity contribution >= 4 is 11.8 Å². The Morgan fingerprint density at radius 1 is 0.878 bits per heavy atom. The largest absolute Gasteiger partial charge is 0.393 e. The van der Waals surface area contributed by atoms with Crippen LogP contribution in [0.5, 0.6) is 0 Å². The molecule has 266 valence electrons. The molecular formula is C41H56FN3O4. The number of benzene rings is 1. The summed E-state index contributed by atoms with van der Waals surface area (Å²) in [6.07, 6.45) is 17.7. The third kappa shape index (κ3) is 5.92. The molecule has 7 rings (SSSR count). The molecule has 0 aliphatic heterocycles. The van der Waals surface area contributed by atoms with Gasteiger partial charge < -0.3 is 10.4 Å². The Kier molecular flexibility index (Phi) is 9.21. The van der Waals surface area contributed by atoms with Crippen LogP contribution in [0.25, 0.3) is 0 Å². The molecule has 5 fully saturated rings. The van der Waals surface area contributed by atoms with Gasteiger partial charge in [-0.3, -0.25) is 14.6 Å². The third-order valence-electron chi connectivity index (χ3n) is 15.4. The average molecular weight is 674 g/mol. The van der Waals surface area contributed by atoms with E-state index in [0.717, 1.165) is 36.5 Å². The van der Waals surface area contributed by atoms with Crippen molar-refractivity contribution in [3.05, 3.63) is 65.0 Å². The van der Waals surface area contributed by atoms with E-state index in [2.05, 4.69) is 49.1 Å². The number of carbonyl (C=O) groups excluding carboxylic acids is 2. The number of aromatic nitrogens is 1. The Morgan fingerprint density at radius 3 is 2.47 bits per heavy atom. The van der Waals surface area contributed by atoms with Crippen LogP contribution in [0, 0.1) is 51.2 Å². The Bertz CT molecular complexity index is 1550. The second kappa shape index (κ2) is 13.0. The Morgan fingerprint density at radius 2 is 1.69 bits per heavy atom. The zero-order valence-electron chi connectivity index (χ0n) is 29.9. The SMILES string of the molecule is CC1(C)C(O)CCC2(C)C1CCC1(C)C3CCC4(CCc5cccc(C(=O)NCc6ccc(C(=O)NOF)cn6)c5)CCCC4C3CCC12. The van der Waals surface area contributed by atoms with E-state index in [1.165, 1.54) is 88.5 Å². The molecule has 1 aromatic carbocycles. The van der Waals surface area contributed by atoms with Crippen molar-refractivity contribution in [2.75, 3.05) is 0 Å². The first-order valence-corrected chi connectivity index (χ1v) is 19.0. The summed E-state index contributed by atoms with van der Waals surface area (Å²) in [5.74, 6) is 2.99. The number of carbonyl (C=O) groups is 2. The Balaban J connectivity index is 0.992. The van der Waals surface area contributed by atoms with Gasteiger partial charge in [0.2, 0.25) is 0 Å². The van der Waals surface area contributed by atoms with Crippen LogP contribution in [0.2, 0.25) is 0 Å². The number of nitrogens with one attached hydrogen (secondary N) is 2. The first-order valence-electron chi connectivity index (χ1n) is 19.0. The maximum absolute atomic E-state index is 13.1. The highest BCUT2D eigenvalue weighted by atomic mass is 19.3. The van der Waals surface area contributed by atoms with Gasteiger partial charge in [0, 0.05) is 11.8 Å². The predicted molar refractivity (Wildman–Crippen MR) is 187 cm³/mol. The van der Waals surface area contributed by atoms with Gasteiger partial charge in [0.05, 0.1) is 23.9 Å². The van der Waals surface area contributed by atoms with Gasteiger partial charge in [-0.25, -0.2) is 0 Å². The summed E-state index contributed by atoms with van der Waals surface area (Å²) in [6, 6.07) is 11.2. The van der Waals surface area contributed by atoms with E-state index < -0.39 is 5.91 Å². The fraction of sp³-hybridized carbons (Fsp3) is 0.683. The van der Waals surface area contributed by atoms with E-state index in [4.69, 9.17) is 0 Å². The molecule has 3 N–H and O–H groups in total. The highest BCUT2D eigenvalue weighted by Gasteiger charge is 2.66. The van der Waals surface area contributed by atoms with Gasteiger partial charge in [0.15, 0.2) is 0 Å². The second-order valence-electron chi connectivity index (χ2n) is 17.7. The van der Waals surface area contributed by atoms with Crippen molar-refractivity contribution in [3.8, 4) is 0 Å². The summed E-state index contributed by atoms with van der Waals surface area (Å²) in [5, 5.41) is 17.1. The first kappa shape index (κ1) is 34.6. The van der Waals surface area contributed by atoms with Gasteiger partial charge in [0.25, 0.3) is 11.8 Å². The monoisotopic (exact) mass is 673 g/mol. The van der Waals surface area contributed by atoms with Gasteiger partial charge in [-0.2, -0.15) is 5.48 Å². The van der Waals surface area contributed by atoms with E-state index >= 15 is 0 Å². The lowest BCUT2D eigenvalue weighted by Crippen LogP contribution is -2.63. The molecule has 0 bridgehead atoms. The van der Waals surface area contributed by atoms with E-state index in [1.807, 2.05) is 18.2 Å². The van der Waals surface area contributed by atoms with E-state index in [-0.39, 0.29) is 29.5 Å². The Labute approximate surface area is 291 Å². The molecule has 9 unspecified atom stereocenters. The van der Waals surface area contributed by atoms with Crippen LogP contribution >= 0.6 is 0 Å². The minimum absolute atomic E-state index is 0.00909. The summed E-state index contributed by atoms with van der Waals surface area (Å²) in [6.45, 7) is 10.2. The molecule has 2 amide bonds. The number of hydroxylamine groups is 1. The lowest BCUT2D eigenvalue weighted by atomic mass is 9.36. The summed E-state index contributed by atoms with van der Waals surface area (Å²) in [7, 11) is 0. The van der Waals surface area contributed by atoms with E-state index in [9.17, 15) is 19.2 Å². The summed E-state index contributed by atoms with van der Waals surface area (Å²) in [4.78, 5) is 29.0. The number of nitrogens with zero attached hydrogens (tertiary/aromatic N) is 1. The highest BCUT2D eigenvalue weighted by molar-refractivity contribution is 5.94. The van der Waals surface area contributed by atoms with Crippen LogP contribution in [-0.4, -0.2) is 28.0 Å². The molecule has 5 aliphatic rings. The zero-order valence-corrected chi connectivity index (χ0v) is 29.9. The molecule has 1 heterocycles. The first-order chi connectivity index (χ1) is 23.4. The number of pyridine rings is 1. The number of aryl methyl sites for hydroxylation is 1. The van der Waals surface area contributed by atoms with Crippen molar-refractivity contribution in [1.29, 1.82) is 0 Å². The van der Waals surface area contributed by atoms with Crippen LogP contribution in [-0.2, 0) is 18.0 Å². The summed E-state index contributed by atoms with van der Waals surface area (Å²) < 4.78 is 11.9. The van der Waals surface area contributed by atoms with Crippen LogP contribution in [0.15, 0.2) is 42.6 Å². The van der Waals surface area contributed by atoms with E-state index in [1.54, 1.807) is 11.5 Å². The standard InChI is InChI=1S/C41H56FN3O4/c1-38(2)33-16-19-39(3)31-15-22-41(18-6-9-32(41)30(31)12-13-34(39)40(33,4)20-17-35(38)46)21-14-26-7-5-8-27(23-26)36(47)44-25-29-11-10-28(24-43-29)37(48)45-49-42/h5,7-8,10-11,23-24,30-35,46H,6,9,12-22,25H2,1-4H3,(H,44,47)(H,45,48). The molecule has 5 aliphatic carbocycles. The summed E-state index contributed by atoms with van der Waals surface area (Å²) in [5.41, 5.74) is 5.43. The lowest BCUT2D eigenvalue weighted by Gasteiger charge is -2.69. The van der Waals surface area contributed by atoms with Crippen LogP contribution in [0.1, 0.15) is 137 Å². The number of aliphatic hydroxyl groups is 1. The highest BCUT2D eigenvalue weighted by Crippen LogP contribution is 2.73. The smallest absolute Gasteiger partial charge is 0.279 e. The van der Waals surface area contributed by atoms with Gasteiger partial charge in [-0.1, -0.05) is 51.3 Å². The molecule has 0 radical (unpaired) electrons. The van der Waals surface area contributed by atoms with Crippen molar-refractivity contribution in [1.82, 2.24) is 15.8 Å². The number of amides is 2. The van der Waals surface area contributed by atoms with Crippen molar-refractivity contribution in [3.63, 3.8) is 0 Å². The van der Waals surface area contributed by atoms with Gasteiger partial charge >= 0.3 is 0 Å². The minimum atomic E-state index is -0.733. The summed E-state index contributed by atoms with van der Waals surface area (Å²) >= 11 is 0.